The predicted molar refractivity (Wildman–Crippen MR) is 71.8 cm³/mol. The van der Waals surface area contributed by atoms with Gasteiger partial charge in [-0.1, -0.05) is 29.8 Å². The van der Waals surface area contributed by atoms with Crippen molar-refractivity contribution in [3.8, 4) is 5.75 Å². The van der Waals surface area contributed by atoms with Crippen molar-refractivity contribution in [3.05, 3.63) is 58.9 Å². The summed E-state index contributed by atoms with van der Waals surface area (Å²) in [6, 6.07) is 10.6. The monoisotopic (exact) mass is 301 g/mol. The second-order valence-electron chi connectivity index (χ2n) is 3.97. The Morgan fingerprint density at radius 1 is 1.15 bits per heavy atom. The number of anilines is 1. The number of para-hydroxylation sites is 1. The number of rotatable bonds is 5. The molecule has 2 rings (SSSR count). The Kier molecular flexibility index (Phi) is 4.74. The largest absolute Gasteiger partial charge is 0.434 e. The van der Waals surface area contributed by atoms with Gasteiger partial charge in [0.1, 0.15) is 11.6 Å². The molecule has 0 spiro atoms. The number of hydrogen-bond acceptors (Lipinski definition) is 2. The number of hydrogen-bond donors (Lipinski definition) is 1. The molecule has 0 aliphatic heterocycles. The van der Waals surface area contributed by atoms with E-state index in [9.17, 15) is 13.2 Å². The molecule has 0 unspecified atom stereocenters. The van der Waals surface area contributed by atoms with E-state index in [4.69, 9.17) is 11.6 Å². The first kappa shape index (κ1) is 14.5. The maximum atomic E-state index is 13.0. The van der Waals surface area contributed by atoms with Gasteiger partial charge in [0.15, 0.2) is 0 Å². The molecule has 0 atom stereocenters. The zero-order valence-electron chi connectivity index (χ0n) is 10.2. The third kappa shape index (κ3) is 3.81. The Morgan fingerprint density at radius 3 is 2.60 bits per heavy atom. The lowest BCUT2D eigenvalue weighted by Crippen LogP contribution is -2.07. The van der Waals surface area contributed by atoms with Crippen LogP contribution in [-0.4, -0.2) is 6.61 Å². The summed E-state index contributed by atoms with van der Waals surface area (Å²) in [7, 11) is 0. The molecular formula is C14H11ClF3NO. The summed E-state index contributed by atoms with van der Waals surface area (Å²) in [5, 5.41) is 2.96. The molecule has 1 N–H and O–H groups in total. The van der Waals surface area contributed by atoms with E-state index < -0.39 is 12.4 Å². The fourth-order valence-electron chi connectivity index (χ4n) is 1.66. The van der Waals surface area contributed by atoms with Gasteiger partial charge in [-0.15, -0.1) is 0 Å². The minimum absolute atomic E-state index is 0.00730. The van der Waals surface area contributed by atoms with Gasteiger partial charge in [0.25, 0.3) is 0 Å². The summed E-state index contributed by atoms with van der Waals surface area (Å²) in [6.07, 6.45) is 0. The Labute approximate surface area is 119 Å². The first-order valence-electron chi connectivity index (χ1n) is 5.78. The van der Waals surface area contributed by atoms with Crippen LogP contribution in [0.5, 0.6) is 5.75 Å². The van der Waals surface area contributed by atoms with Gasteiger partial charge in [-0.2, -0.15) is 8.78 Å². The third-order valence-corrected chi connectivity index (χ3v) is 2.88. The lowest BCUT2D eigenvalue weighted by atomic mass is 10.2. The van der Waals surface area contributed by atoms with Crippen LogP contribution in [0.25, 0.3) is 0 Å². The highest BCUT2D eigenvalue weighted by atomic mass is 35.5. The molecule has 0 radical (unpaired) electrons. The van der Waals surface area contributed by atoms with Crippen molar-refractivity contribution in [1.29, 1.82) is 0 Å². The highest BCUT2D eigenvalue weighted by molar-refractivity contribution is 6.31. The minimum Gasteiger partial charge on any atom is -0.434 e. The molecule has 0 aliphatic rings. The highest BCUT2D eigenvalue weighted by Gasteiger charge is 2.09. The Balaban J connectivity index is 2.08. The van der Waals surface area contributed by atoms with E-state index in [2.05, 4.69) is 10.1 Å². The van der Waals surface area contributed by atoms with Crippen molar-refractivity contribution >= 4 is 17.3 Å². The molecule has 0 saturated heterocycles. The number of ether oxygens (including phenoxy) is 1. The van der Waals surface area contributed by atoms with Crippen LogP contribution < -0.4 is 10.1 Å². The topological polar surface area (TPSA) is 21.3 Å². The van der Waals surface area contributed by atoms with Crippen LogP contribution in [0.3, 0.4) is 0 Å². The van der Waals surface area contributed by atoms with E-state index in [-0.39, 0.29) is 17.3 Å². The zero-order valence-corrected chi connectivity index (χ0v) is 11.0. The van der Waals surface area contributed by atoms with Crippen molar-refractivity contribution in [2.24, 2.45) is 0 Å². The van der Waals surface area contributed by atoms with Crippen molar-refractivity contribution in [2.75, 3.05) is 5.32 Å². The molecule has 0 aliphatic carbocycles. The number of nitrogens with one attached hydrogen (secondary N) is 1. The second kappa shape index (κ2) is 6.52. The van der Waals surface area contributed by atoms with Crippen LogP contribution in [0.2, 0.25) is 5.02 Å². The van der Waals surface area contributed by atoms with Crippen molar-refractivity contribution < 1.29 is 17.9 Å². The van der Waals surface area contributed by atoms with Crippen LogP contribution in [0, 0.1) is 5.82 Å². The molecule has 2 nitrogen and oxygen atoms in total. The molecule has 2 aromatic rings. The smallest absolute Gasteiger partial charge is 0.387 e. The van der Waals surface area contributed by atoms with Gasteiger partial charge in [-0.3, -0.25) is 0 Å². The fourth-order valence-corrected chi connectivity index (χ4v) is 1.84. The minimum atomic E-state index is -2.88. The Morgan fingerprint density at radius 2 is 1.90 bits per heavy atom. The van der Waals surface area contributed by atoms with E-state index in [1.807, 2.05) is 0 Å². The van der Waals surface area contributed by atoms with Gasteiger partial charge in [-0.25, -0.2) is 4.39 Å². The first-order chi connectivity index (χ1) is 9.56. The SMILES string of the molecule is Fc1ccc(NCc2ccccc2OC(F)F)cc1Cl. The van der Waals surface area contributed by atoms with Gasteiger partial charge in [0.05, 0.1) is 5.02 Å². The van der Waals surface area contributed by atoms with E-state index in [1.165, 1.54) is 24.3 Å². The average molecular weight is 302 g/mol. The van der Waals surface area contributed by atoms with Crippen LogP contribution in [0.1, 0.15) is 5.56 Å². The van der Waals surface area contributed by atoms with Crippen LogP contribution in [0.4, 0.5) is 18.9 Å². The van der Waals surface area contributed by atoms with E-state index >= 15 is 0 Å². The molecular weight excluding hydrogens is 291 g/mol. The summed E-state index contributed by atoms with van der Waals surface area (Å²) in [5.41, 5.74) is 1.15. The van der Waals surface area contributed by atoms with E-state index in [0.29, 0.717) is 11.3 Å². The predicted octanol–water partition coefficient (Wildman–Crippen LogP) is 4.69. The Bertz CT molecular complexity index is 592. The molecule has 0 bridgehead atoms. The summed E-state index contributed by atoms with van der Waals surface area (Å²) in [4.78, 5) is 0. The maximum Gasteiger partial charge on any atom is 0.387 e. The standard InChI is InChI=1S/C14H11ClF3NO/c15-11-7-10(5-6-12(11)16)19-8-9-3-1-2-4-13(9)20-14(17)18/h1-7,14,19H,8H2. The number of benzene rings is 2. The summed E-state index contributed by atoms with van der Waals surface area (Å²) in [5.74, 6) is -0.415. The van der Waals surface area contributed by atoms with Gasteiger partial charge in [0.2, 0.25) is 0 Å². The van der Waals surface area contributed by atoms with Gasteiger partial charge < -0.3 is 10.1 Å². The molecule has 20 heavy (non-hydrogen) atoms. The van der Waals surface area contributed by atoms with Gasteiger partial charge >= 0.3 is 6.61 Å². The van der Waals surface area contributed by atoms with Gasteiger partial charge in [-0.05, 0) is 24.3 Å². The molecule has 2 aromatic carbocycles. The number of halogens is 4. The van der Waals surface area contributed by atoms with E-state index in [0.717, 1.165) is 0 Å². The Hall–Kier alpha value is -1.88. The molecule has 0 aromatic heterocycles. The molecule has 0 fully saturated rings. The summed E-state index contributed by atoms with van der Waals surface area (Å²) in [6.45, 7) is -2.62. The lowest BCUT2D eigenvalue weighted by molar-refractivity contribution is -0.0504. The van der Waals surface area contributed by atoms with Crippen molar-refractivity contribution in [3.63, 3.8) is 0 Å². The van der Waals surface area contributed by atoms with E-state index in [1.54, 1.807) is 18.2 Å². The highest BCUT2D eigenvalue weighted by Crippen LogP contribution is 2.23. The molecule has 0 amide bonds. The molecule has 6 heteroatoms. The zero-order chi connectivity index (χ0) is 14.5. The van der Waals surface area contributed by atoms with Crippen LogP contribution in [-0.2, 0) is 6.54 Å². The maximum absolute atomic E-state index is 13.0. The third-order valence-electron chi connectivity index (χ3n) is 2.59. The second-order valence-corrected chi connectivity index (χ2v) is 4.38. The molecule has 106 valence electrons. The van der Waals surface area contributed by atoms with Crippen LogP contribution >= 0.6 is 11.6 Å². The number of alkyl halides is 2. The quantitative estimate of drug-likeness (QED) is 0.865. The van der Waals surface area contributed by atoms with Gasteiger partial charge in [0, 0.05) is 17.8 Å². The first-order valence-corrected chi connectivity index (χ1v) is 6.15. The van der Waals surface area contributed by atoms with Crippen LogP contribution in [0.15, 0.2) is 42.5 Å². The summed E-state index contributed by atoms with van der Waals surface area (Å²) >= 11 is 5.66. The molecule has 0 saturated carbocycles. The summed E-state index contributed by atoms with van der Waals surface area (Å²) < 4.78 is 41.9. The lowest BCUT2D eigenvalue weighted by Gasteiger charge is -2.12. The van der Waals surface area contributed by atoms with Crippen molar-refractivity contribution in [1.82, 2.24) is 0 Å². The normalized spacial score (nSPS) is 10.7. The molecule has 0 heterocycles. The fraction of sp³-hybridized carbons (Fsp3) is 0.143. The average Bonchev–Trinajstić information content (AvgIpc) is 2.41. The van der Waals surface area contributed by atoms with Crippen molar-refractivity contribution in [2.45, 2.75) is 13.2 Å².